The fourth-order valence-corrected chi connectivity index (χ4v) is 3.13. The summed E-state index contributed by atoms with van der Waals surface area (Å²) >= 11 is 0. The van der Waals surface area contributed by atoms with Crippen LogP contribution in [0.1, 0.15) is 45.9 Å². The molecule has 2 heterocycles. The fraction of sp³-hybridized carbons (Fsp3) is 0.714. The summed E-state index contributed by atoms with van der Waals surface area (Å²) in [6.07, 6.45) is 2.76. The van der Waals surface area contributed by atoms with E-state index in [1.165, 1.54) is 0 Å². The van der Waals surface area contributed by atoms with Gasteiger partial charge < -0.3 is 14.5 Å². The van der Waals surface area contributed by atoms with E-state index in [1.54, 1.807) is 6.26 Å². The molecule has 3 nitrogen and oxygen atoms in total. The van der Waals surface area contributed by atoms with E-state index < -0.39 is 0 Å². The fourth-order valence-electron chi connectivity index (χ4n) is 3.13. The van der Waals surface area contributed by atoms with Gasteiger partial charge >= 0.3 is 0 Å². The van der Waals surface area contributed by atoms with Gasteiger partial charge in [-0.05, 0) is 53.3 Å². The first-order valence-corrected chi connectivity index (χ1v) is 6.26. The number of rotatable bonds is 3. The smallest absolute Gasteiger partial charge is 0.121 e. The van der Waals surface area contributed by atoms with Gasteiger partial charge in [0.25, 0.3) is 0 Å². The molecule has 1 N–H and O–H groups in total. The molecule has 0 aromatic carbocycles. The van der Waals surface area contributed by atoms with E-state index in [0.29, 0.717) is 5.92 Å². The van der Waals surface area contributed by atoms with Crippen LogP contribution in [0.2, 0.25) is 0 Å². The van der Waals surface area contributed by atoms with Crippen molar-refractivity contribution >= 4 is 0 Å². The monoisotopic (exact) mass is 237 g/mol. The number of nitrogens with one attached hydrogen (secondary N) is 1. The van der Waals surface area contributed by atoms with Crippen LogP contribution in [0, 0.1) is 5.92 Å². The zero-order valence-electron chi connectivity index (χ0n) is 11.4. The van der Waals surface area contributed by atoms with Crippen LogP contribution in [0.3, 0.4) is 0 Å². The normalized spacial score (nSPS) is 28.2. The van der Waals surface area contributed by atoms with Gasteiger partial charge in [-0.2, -0.15) is 0 Å². The molecule has 2 unspecified atom stereocenters. The van der Waals surface area contributed by atoms with Gasteiger partial charge in [-0.15, -0.1) is 0 Å². The van der Waals surface area contributed by atoms with Crippen LogP contribution in [0.25, 0.3) is 0 Å². The topological polar surface area (TPSA) is 34.4 Å². The van der Waals surface area contributed by atoms with E-state index in [9.17, 15) is 0 Å². The standard InChI is InChI=1S/C14H23NO2/c1-13(2)9-10(14(3,4)17-13)12(15-5)11-7-6-8-16-11/h6-8,10,12,15H,9H2,1-5H3. The molecular formula is C14H23NO2. The van der Waals surface area contributed by atoms with E-state index in [2.05, 4.69) is 33.0 Å². The van der Waals surface area contributed by atoms with Crippen molar-refractivity contribution in [3.8, 4) is 0 Å². The molecule has 1 aliphatic rings. The first-order valence-electron chi connectivity index (χ1n) is 6.26. The van der Waals surface area contributed by atoms with Crippen LogP contribution in [0.4, 0.5) is 0 Å². The quantitative estimate of drug-likeness (QED) is 0.877. The third-order valence-electron chi connectivity index (χ3n) is 3.71. The molecule has 0 radical (unpaired) electrons. The number of furan rings is 1. The lowest BCUT2D eigenvalue weighted by atomic mass is 9.81. The molecule has 0 aliphatic carbocycles. The Hall–Kier alpha value is -0.800. The zero-order chi connectivity index (χ0) is 12.7. The first-order chi connectivity index (χ1) is 7.86. The summed E-state index contributed by atoms with van der Waals surface area (Å²) in [5, 5.41) is 3.37. The predicted octanol–water partition coefficient (Wildman–Crippen LogP) is 3.13. The largest absolute Gasteiger partial charge is 0.468 e. The van der Waals surface area contributed by atoms with Crippen LogP contribution < -0.4 is 5.32 Å². The van der Waals surface area contributed by atoms with Crippen LogP contribution >= 0.6 is 0 Å². The van der Waals surface area contributed by atoms with Crippen LogP contribution in [-0.4, -0.2) is 18.2 Å². The summed E-state index contributed by atoms with van der Waals surface area (Å²) in [7, 11) is 1.98. The van der Waals surface area contributed by atoms with Gasteiger partial charge in [0.2, 0.25) is 0 Å². The average Bonchev–Trinajstić information content (AvgIpc) is 2.74. The molecule has 1 aromatic heterocycles. The van der Waals surface area contributed by atoms with Gasteiger partial charge in [0, 0.05) is 5.92 Å². The molecule has 2 rings (SSSR count). The molecular weight excluding hydrogens is 214 g/mol. The van der Waals surface area contributed by atoms with Crippen molar-refractivity contribution in [1.29, 1.82) is 0 Å². The molecule has 0 saturated carbocycles. The van der Waals surface area contributed by atoms with Gasteiger partial charge in [0.05, 0.1) is 23.5 Å². The van der Waals surface area contributed by atoms with E-state index in [1.807, 2.05) is 19.2 Å². The molecule has 0 amide bonds. The van der Waals surface area contributed by atoms with Crippen molar-refractivity contribution in [2.45, 2.75) is 51.4 Å². The van der Waals surface area contributed by atoms with E-state index in [4.69, 9.17) is 9.15 Å². The minimum Gasteiger partial charge on any atom is -0.468 e. The molecule has 1 aromatic rings. The Morgan fingerprint density at radius 1 is 1.35 bits per heavy atom. The lowest BCUT2D eigenvalue weighted by molar-refractivity contribution is -0.0782. The van der Waals surface area contributed by atoms with Crippen LogP contribution in [0.5, 0.6) is 0 Å². The average molecular weight is 237 g/mol. The third-order valence-corrected chi connectivity index (χ3v) is 3.71. The van der Waals surface area contributed by atoms with E-state index in [-0.39, 0.29) is 17.2 Å². The first kappa shape index (κ1) is 12.7. The Morgan fingerprint density at radius 3 is 2.47 bits per heavy atom. The second-order valence-electron chi connectivity index (χ2n) is 6.06. The summed E-state index contributed by atoms with van der Waals surface area (Å²) in [5.74, 6) is 1.40. The van der Waals surface area contributed by atoms with Crippen molar-refractivity contribution in [3.05, 3.63) is 24.2 Å². The van der Waals surface area contributed by atoms with Crippen LogP contribution in [0.15, 0.2) is 22.8 Å². The van der Waals surface area contributed by atoms with Crippen molar-refractivity contribution < 1.29 is 9.15 Å². The molecule has 1 aliphatic heterocycles. The second kappa shape index (κ2) is 4.14. The number of ether oxygens (including phenoxy) is 1. The Bertz CT molecular complexity index is 368. The van der Waals surface area contributed by atoms with E-state index >= 15 is 0 Å². The Kier molecular flexibility index (Phi) is 3.08. The summed E-state index contributed by atoms with van der Waals surface area (Å²) in [5.41, 5.74) is -0.195. The molecule has 2 atom stereocenters. The van der Waals surface area contributed by atoms with Crippen molar-refractivity contribution in [1.82, 2.24) is 5.32 Å². The Balaban J connectivity index is 2.26. The molecule has 17 heavy (non-hydrogen) atoms. The minimum absolute atomic E-state index is 0.0597. The third kappa shape index (κ3) is 2.40. The highest BCUT2D eigenvalue weighted by Gasteiger charge is 2.49. The number of hydrogen-bond acceptors (Lipinski definition) is 3. The maximum absolute atomic E-state index is 6.15. The molecule has 3 heteroatoms. The highest BCUT2D eigenvalue weighted by molar-refractivity contribution is 5.11. The minimum atomic E-state index is -0.135. The second-order valence-corrected chi connectivity index (χ2v) is 6.06. The predicted molar refractivity (Wildman–Crippen MR) is 67.9 cm³/mol. The molecule has 96 valence electrons. The Labute approximate surface area is 104 Å². The molecule has 0 bridgehead atoms. The number of hydrogen-bond donors (Lipinski definition) is 1. The summed E-state index contributed by atoms with van der Waals surface area (Å²) in [6, 6.07) is 4.18. The molecule has 0 spiro atoms. The van der Waals surface area contributed by atoms with Crippen LogP contribution in [-0.2, 0) is 4.74 Å². The SMILES string of the molecule is CNC(c1ccco1)C1CC(C)(C)OC1(C)C. The van der Waals surface area contributed by atoms with Crippen molar-refractivity contribution in [3.63, 3.8) is 0 Å². The summed E-state index contributed by atoms with van der Waals surface area (Å²) in [4.78, 5) is 0. The van der Waals surface area contributed by atoms with Crippen molar-refractivity contribution in [2.24, 2.45) is 5.92 Å². The maximum atomic E-state index is 6.15. The van der Waals surface area contributed by atoms with Gasteiger partial charge in [0.1, 0.15) is 5.76 Å². The maximum Gasteiger partial charge on any atom is 0.121 e. The molecule has 1 fully saturated rings. The lowest BCUT2D eigenvalue weighted by Crippen LogP contribution is -2.37. The van der Waals surface area contributed by atoms with Gasteiger partial charge in [0.15, 0.2) is 0 Å². The van der Waals surface area contributed by atoms with Crippen molar-refractivity contribution in [2.75, 3.05) is 7.05 Å². The van der Waals surface area contributed by atoms with E-state index in [0.717, 1.165) is 12.2 Å². The zero-order valence-corrected chi connectivity index (χ0v) is 11.4. The van der Waals surface area contributed by atoms with Gasteiger partial charge in [-0.25, -0.2) is 0 Å². The Morgan fingerprint density at radius 2 is 2.06 bits per heavy atom. The lowest BCUT2D eigenvalue weighted by Gasteiger charge is -2.31. The van der Waals surface area contributed by atoms with Gasteiger partial charge in [-0.3, -0.25) is 0 Å². The highest BCUT2D eigenvalue weighted by atomic mass is 16.5. The van der Waals surface area contributed by atoms with Gasteiger partial charge in [-0.1, -0.05) is 0 Å². The highest BCUT2D eigenvalue weighted by Crippen LogP contribution is 2.47. The summed E-state index contributed by atoms with van der Waals surface area (Å²) in [6.45, 7) is 8.65. The molecule has 1 saturated heterocycles. The summed E-state index contributed by atoms with van der Waals surface area (Å²) < 4.78 is 11.7.